The number of pyridine rings is 1. The second-order valence-corrected chi connectivity index (χ2v) is 6.02. The lowest BCUT2D eigenvalue weighted by atomic mass is 10.2. The maximum Gasteiger partial charge on any atom is 0.269 e. The Kier molecular flexibility index (Phi) is 4.84. The zero-order valence-electron chi connectivity index (χ0n) is 13.8. The number of carbonyl (C=O) groups excluding carboxylic acids is 1. The standard InChI is InChI=1S/C18H21N3O3/c1-12(2)10-20-18(22)15-5-3-14(11-19-15)21-13-4-6-16-17(9-13)24-8-7-23-16/h3-6,9,11-12,21H,7-8,10H2,1-2H3,(H,20,22). The third-order valence-corrected chi connectivity index (χ3v) is 3.50. The van der Waals surface area contributed by atoms with E-state index in [1.165, 1.54) is 0 Å². The van der Waals surface area contributed by atoms with Gasteiger partial charge in [0, 0.05) is 18.3 Å². The molecule has 3 rings (SSSR count). The van der Waals surface area contributed by atoms with Crippen molar-refractivity contribution in [3.63, 3.8) is 0 Å². The van der Waals surface area contributed by atoms with Gasteiger partial charge >= 0.3 is 0 Å². The molecule has 1 aromatic heterocycles. The molecule has 2 heterocycles. The lowest BCUT2D eigenvalue weighted by molar-refractivity contribution is 0.0944. The topological polar surface area (TPSA) is 72.5 Å². The Labute approximate surface area is 141 Å². The van der Waals surface area contributed by atoms with Gasteiger partial charge in [0.05, 0.1) is 11.9 Å². The molecule has 0 spiro atoms. The number of benzene rings is 1. The number of carbonyl (C=O) groups is 1. The number of nitrogens with zero attached hydrogens (tertiary/aromatic N) is 1. The Morgan fingerprint density at radius 3 is 2.58 bits per heavy atom. The Balaban J connectivity index is 1.65. The van der Waals surface area contributed by atoms with Crippen LogP contribution in [0.3, 0.4) is 0 Å². The van der Waals surface area contributed by atoms with E-state index >= 15 is 0 Å². The SMILES string of the molecule is CC(C)CNC(=O)c1ccc(Nc2ccc3c(c2)OCCO3)cn1. The zero-order valence-corrected chi connectivity index (χ0v) is 13.8. The van der Waals surface area contributed by atoms with E-state index in [0.717, 1.165) is 22.9 Å². The molecule has 2 aromatic rings. The first-order chi connectivity index (χ1) is 11.6. The molecule has 0 radical (unpaired) electrons. The molecule has 1 aliphatic heterocycles. The lowest BCUT2D eigenvalue weighted by Crippen LogP contribution is -2.27. The number of hydrogen-bond donors (Lipinski definition) is 2. The Morgan fingerprint density at radius 2 is 1.88 bits per heavy atom. The smallest absolute Gasteiger partial charge is 0.269 e. The predicted octanol–water partition coefficient (Wildman–Crippen LogP) is 2.98. The fraction of sp³-hybridized carbons (Fsp3) is 0.333. The summed E-state index contributed by atoms with van der Waals surface area (Å²) in [6.45, 7) is 5.86. The molecular formula is C18H21N3O3. The molecule has 0 aliphatic carbocycles. The van der Waals surface area contributed by atoms with Gasteiger partial charge in [-0.25, -0.2) is 4.98 Å². The van der Waals surface area contributed by atoms with Crippen molar-refractivity contribution in [3.8, 4) is 11.5 Å². The van der Waals surface area contributed by atoms with Gasteiger partial charge < -0.3 is 20.1 Å². The molecule has 0 saturated heterocycles. The molecule has 6 heteroatoms. The van der Waals surface area contributed by atoms with Crippen molar-refractivity contribution >= 4 is 17.3 Å². The van der Waals surface area contributed by atoms with Gasteiger partial charge in [-0.3, -0.25) is 4.79 Å². The number of ether oxygens (including phenoxy) is 2. The van der Waals surface area contributed by atoms with Gasteiger partial charge in [0.25, 0.3) is 5.91 Å². The quantitative estimate of drug-likeness (QED) is 0.883. The Morgan fingerprint density at radius 1 is 1.12 bits per heavy atom. The van der Waals surface area contributed by atoms with Gasteiger partial charge in [-0.2, -0.15) is 0 Å². The average molecular weight is 327 g/mol. The molecule has 126 valence electrons. The second-order valence-electron chi connectivity index (χ2n) is 6.02. The zero-order chi connectivity index (χ0) is 16.9. The van der Waals surface area contributed by atoms with Gasteiger partial charge in [0.15, 0.2) is 11.5 Å². The number of anilines is 2. The predicted molar refractivity (Wildman–Crippen MR) is 92.1 cm³/mol. The number of rotatable bonds is 5. The van der Waals surface area contributed by atoms with Crippen molar-refractivity contribution in [1.82, 2.24) is 10.3 Å². The van der Waals surface area contributed by atoms with Gasteiger partial charge in [-0.15, -0.1) is 0 Å². The summed E-state index contributed by atoms with van der Waals surface area (Å²) in [5, 5.41) is 6.09. The molecule has 0 bridgehead atoms. The van der Waals surface area contributed by atoms with Gasteiger partial charge in [0.1, 0.15) is 18.9 Å². The van der Waals surface area contributed by atoms with Crippen LogP contribution in [0.5, 0.6) is 11.5 Å². The third kappa shape index (κ3) is 3.95. The minimum absolute atomic E-state index is 0.158. The van der Waals surface area contributed by atoms with Crippen molar-refractivity contribution in [1.29, 1.82) is 0 Å². The van der Waals surface area contributed by atoms with Gasteiger partial charge in [-0.05, 0) is 30.2 Å². The van der Waals surface area contributed by atoms with E-state index in [0.29, 0.717) is 31.4 Å². The molecule has 0 saturated carbocycles. The highest BCUT2D eigenvalue weighted by Gasteiger charge is 2.12. The summed E-state index contributed by atoms with van der Waals surface area (Å²) in [6.07, 6.45) is 1.64. The van der Waals surface area contributed by atoms with Crippen LogP contribution < -0.4 is 20.1 Å². The Bertz CT molecular complexity index is 714. The minimum atomic E-state index is -0.158. The molecule has 1 aromatic carbocycles. The van der Waals surface area contributed by atoms with E-state index in [2.05, 4.69) is 15.6 Å². The summed E-state index contributed by atoms with van der Waals surface area (Å²) in [5.41, 5.74) is 2.08. The van der Waals surface area contributed by atoms with Crippen molar-refractivity contribution in [3.05, 3.63) is 42.2 Å². The minimum Gasteiger partial charge on any atom is -0.486 e. The largest absolute Gasteiger partial charge is 0.486 e. The molecule has 6 nitrogen and oxygen atoms in total. The number of hydrogen-bond acceptors (Lipinski definition) is 5. The van der Waals surface area contributed by atoms with Crippen molar-refractivity contribution in [2.75, 3.05) is 25.1 Å². The molecule has 0 atom stereocenters. The van der Waals surface area contributed by atoms with E-state index in [1.54, 1.807) is 12.3 Å². The first kappa shape index (κ1) is 16.1. The number of amides is 1. The van der Waals surface area contributed by atoms with Gasteiger partial charge in [0.2, 0.25) is 0 Å². The average Bonchev–Trinajstić information content (AvgIpc) is 2.60. The maximum atomic E-state index is 12.0. The van der Waals surface area contributed by atoms with E-state index in [4.69, 9.17) is 9.47 Å². The molecular weight excluding hydrogens is 306 g/mol. The molecule has 0 unspecified atom stereocenters. The molecule has 1 amide bonds. The van der Waals surface area contributed by atoms with Crippen LogP contribution in [0.15, 0.2) is 36.5 Å². The number of nitrogens with one attached hydrogen (secondary N) is 2. The number of fused-ring (bicyclic) bond motifs is 1. The summed E-state index contributed by atoms with van der Waals surface area (Å²) in [4.78, 5) is 16.2. The summed E-state index contributed by atoms with van der Waals surface area (Å²) in [6, 6.07) is 9.20. The maximum absolute atomic E-state index is 12.0. The molecule has 2 N–H and O–H groups in total. The van der Waals surface area contributed by atoms with E-state index in [9.17, 15) is 4.79 Å². The summed E-state index contributed by atoms with van der Waals surface area (Å²) < 4.78 is 11.1. The van der Waals surface area contributed by atoms with Crippen LogP contribution in [-0.4, -0.2) is 30.6 Å². The van der Waals surface area contributed by atoms with Crippen LogP contribution in [0.25, 0.3) is 0 Å². The van der Waals surface area contributed by atoms with Crippen molar-refractivity contribution in [2.45, 2.75) is 13.8 Å². The summed E-state index contributed by atoms with van der Waals surface area (Å²) in [5.74, 6) is 1.73. The van der Waals surface area contributed by atoms with Crippen molar-refractivity contribution in [2.24, 2.45) is 5.92 Å². The van der Waals surface area contributed by atoms with Crippen LogP contribution in [0.1, 0.15) is 24.3 Å². The van der Waals surface area contributed by atoms with E-state index in [-0.39, 0.29) is 5.91 Å². The van der Waals surface area contributed by atoms with Crippen molar-refractivity contribution < 1.29 is 14.3 Å². The Hall–Kier alpha value is -2.76. The first-order valence-corrected chi connectivity index (χ1v) is 8.03. The molecule has 1 aliphatic rings. The monoisotopic (exact) mass is 327 g/mol. The van der Waals surface area contributed by atoms with Crippen LogP contribution in [-0.2, 0) is 0 Å². The molecule has 0 fully saturated rings. The summed E-state index contributed by atoms with van der Waals surface area (Å²) in [7, 11) is 0. The molecule has 24 heavy (non-hydrogen) atoms. The first-order valence-electron chi connectivity index (χ1n) is 8.03. The highest BCUT2D eigenvalue weighted by Crippen LogP contribution is 2.33. The fourth-order valence-electron chi connectivity index (χ4n) is 2.28. The summed E-state index contributed by atoms with van der Waals surface area (Å²) >= 11 is 0. The van der Waals surface area contributed by atoms with Crippen LogP contribution >= 0.6 is 0 Å². The highest BCUT2D eigenvalue weighted by atomic mass is 16.6. The third-order valence-electron chi connectivity index (χ3n) is 3.50. The lowest BCUT2D eigenvalue weighted by Gasteiger charge is -2.19. The van der Waals surface area contributed by atoms with Crippen LogP contribution in [0, 0.1) is 5.92 Å². The fourth-order valence-corrected chi connectivity index (χ4v) is 2.28. The van der Waals surface area contributed by atoms with Crippen LogP contribution in [0.2, 0.25) is 0 Å². The van der Waals surface area contributed by atoms with E-state index in [1.807, 2.05) is 38.1 Å². The van der Waals surface area contributed by atoms with E-state index < -0.39 is 0 Å². The highest BCUT2D eigenvalue weighted by molar-refractivity contribution is 5.92. The van der Waals surface area contributed by atoms with Crippen LogP contribution in [0.4, 0.5) is 11.4 Å². The normalized spacial score (nSPS) is 12.8. The number of aromatic nitrogens is 1. The van der Waals surface area contributed by atoms with Gasteiger partial charge in [-0.1, -0.05) is 13.8 Å². The second kappa shape index (κ2) is 7.21.